The summed E-state index contributed by atoms with van der Waals surface area (Å²) in [6, 6.07) is 0. The lowest BCUT2D eigenvalue weighted by atomic mass is 9.46. The van der Waals surface area contributed by atoms with E-state index >= 15 is 0 Å². The molecule has 12 atom stereocenters. The summed E-state index contributed by atoms with van der Waals surface area (Å²) in [5.74, 6) is -8.00. The Morgan fingerprint density at radius 2 is 1.87 bits per heavy atom. The van der Waals surface area contributed by atoms with Crippen LogP contribution in [0, 0.1) is 34.5 Å². The van der Waals surface area contributed by atoms with Gasteiger partial charge >= 0.3 is 11.9 Å². The van der Waals surface area contributed by atoms with Crippen LogP contribution in [-0.4, -0.2) is 75.1 Å². The molecule has 0 amide bonds. The van der Waals surface area contributed by atoms with E-state index in [0.29, 0.717) is 6.42 Å². The molecule has 2 spiro atoms. The lowest BCUT2D eigenvalue weighted by molar-refractivity contribution is -0.378. The van der Waals surface area contributed by atoms with Gasteiger partial charge in [0.25, 0.3) is 0 Å². The minimum atomic E-state index is -2.26. The molecule has 2 N–H and O–H groups in total. The smallest absolute Gasteiger partial charge is 0.342 e. The standard InChI is InChI=1S/C28H30O10/c1-23-10-17-25(3)28-19(23)20(31)27(38-28,35-11-14(23)21(32)36-17)18-13(7-8-26(28,34)22(33)37-25)24(2)12(9-15(18)29)5-4-6-16(24)30/h4,6,9,13-15,17-19,29,34H,5,7-8,10-11H2,1-3H3/t13-,14-,15+,17+,18-,19-,23+,24-,25-,26+,27+,28-/m0/s1. The first kappa shape index (κ1) is 23.5. The molecule has 10 nitrogen and oxygen atoms in total. The van der Waals surface area contributed by atoms with Gasteiger partial charge in [0.2, 0.25) is 5.79 Å². The van der Waals surface area contributed by atoms with Crippen molar-refractivity contribution >= 4 is 23.5 Å². The van der Waals surface area contributed by atoms with Crippen molar-refractivity contribution < 1.29 is 48.3 Å². The van der Waals surface area contributed by atoms with Crippen molar-refractivity contribution in [2.75, 3.05) is 6.61 Å². The molecule has 0 aromatic carbocycles. The molecule has 38 heavy (non-hydrogen) atoms. The molecule has 8 aliphatic rings. The summed E-state index contributed by atoms with van der Waals surface area (Å²) < 4.78 is 24.9. The van der Waals surface area contributed by atoms with E-state index in [0.717, 1.165) is 5.57 Å². The van der Waals surface area contributed by atoms with Crippen molar-refractivity contribution in [1.82, 2.24) is 0 Å². The molecule has 10 heteroatoms. The number of aliphatic hydroxyl groups is 2. The molecule has 6 fully saturated rings. The van der Waals surface area contributed by atoms with Crippen molar-refractivity contribution in [3.8, 4) is 0 Å². The van der Waals surface area contributed by atoms with Crippen molar-refractivity contribution in [2.45, 2.75) is 81.3 Å². The fourth-order valence-electron chi connectivity index (χ4n) is 10.0. The molecule has 0 aromatic rings. The monoisotopic (exact) mass is 526 g/mol. The number of Topliss-reactive ketones (excluding diaryl/α,β-unsaturated/α-hetero) is 1. The Hall–Kier alpha value is -2.40. The number of allylic oxidation sites excluding steroid dienone is 3. The van der Waals surface area contributed by atoms with Crippen molar-refractivity contribution in [3.63, 3.8) is 0 Å². The molecule has 3 aliphatic carbocycles. The average Bonchev–Trinajstić information content (AvgIpc) is 3.17. The van der Waals surface area contributed by atoms with Gasteiger partial charge in [0, 0.05) is 0 Å². The Morgan fingerprint density at radius 3 is 2.63 bits per heavy atom. The Labute approximate surface area is 218 Å². The second kappa shape index (κ2) is 6.32. The molecular weight excluding hydrogens is 496 g/mol. The van der Waals surface area contributed by atoms with Crippen molar-refractivity contribution in [3.05, 3.63) is 23.8 Å². The molecule has 0 unspecified atom stereocenters. The van der Waals surface area contributed by atoms with E-state index in [1.54, 1.807) is 32.9 Å². The highest BCUT2D eigenvalue weighted by molar-refractivity contribution is 6.01. The molecule has 202 valence electrons. The zero-order valence-corrected chi connectivity index (χ0v) is 21.4. The average molecular weight is 527 g/mol. The van der Waals surface area contributed by atoms with Crippen LogP contribution in [0.4, 0.5) is 0 Å². The van der Waals surface area contributed by atoms with E-state index in [2.05, 4.69) is 0 Å². The van der Waals surface area contributed by atoms with Crippen molar-refractivity contribution in [2.24, 2.45) is 34.5 Å². The van der Waals surface area contributed by atoms with E-state index in [9.17, 15) is 29.4 Å². The SMILES string of the molecule is C[C@]12C(=O)C=CCC1=C[C@@H](O)[C@@H]1[C@@H]2CC[C@@]2(O)C(=O)O[C@@]3(C)[C@H]4C[C@]5(C)[C@@H](CO[C@@]16O[C@]23[C@H]5C6=O)C(=O)O4. The maximum Gasteiger partial charge on any atom is 0.342 e. The van der Waals surface area contributed by atoms with Crippen LogP contribution in [0.25, 0.3) is 0 Å². The molecular formula is C28H30O10. The number of aliphatic hydroxyl groups excluding tert-OH is 1. The number of esters is 2. The van der Waals surface area contributed by atoms with E-state index in [-0.39, 0.29) is 31.7 Å². The fourth-order valence-corrected chi connectivity index (χ4v) is 10.0. The maximum absolute atomic E-state index is 14.9. The zero-order valence-electron chi connectivity index (χ0n) is 21.4. The third kappa shape index (κ3) is 2.00. The molecule has 5 saturated heterocycles. The number of hydrogen-bond acceptors (Lipinski definition) is 10. The second-order valence-corrected chi connectivity index (χ2v) is 13.2. The van der Waals surface area contributed by atoms with E-state index in [1.807, 2.05) is 0 Å². The second-order valence-electron chi connectivity index (χ2n) is 13.2. The minimum Gasteiger partial charge on any atom is -0.458 e. The predicted molar refractivity (Wildman–Crippen MR) is 124 cm³/mol. The van der Waals surface area contributed by atoms with Gasteiger partial charge in [-0.05, 0) is 56.9 Å². The fraction of sp³-hybridized carbons (Fsp3) is 0.714. The van der Waals surface area contributed by atoms with Gasteiger partial charge in [0.1, 0.15) is 6.10 Å². The van der Waals surface area contributed by atoms with Crippen LogP contribution in [0.15, 0.2) is 23.8 Å². The number of rotatable bonds is 0. The third-order valence-electron chi connectivity index (χ3n) is 12.0. The van der Waals surface area contributed by atoms with Gasteiger partial charge in [-0.1, -0.05) is 24.6 Å². The Bertz CT molecular complexity index is 1330. The minimum absolute atomic E-state index is 0.137. The van der Waals surface area contributed by atoms with Crippen LogP contribution in [-0.2, 0) is 38.1 Å². The van der Waals surface area contributed by atoms with Crippen molar-refractivity contribution in [1.29, 1.82) is 0 Å². The van der Waals surface area contributed by atoms with Crippen LogP contribution in [0.3, 0.4) is 0 Å². The highest BCUT2D eigenvalue weighted by Crippen LogP contribution is 2.75. The summed E-state index contributed by atoms with van der Waals surface area (Å²) in [7, 11) is 0. The largest absolute Gasteiger partial charge is 0.458 e. The van der Waals surface area contributed by atoms with Crippen LogP contribution in [0.2, 0.25) is 0 Å². The lowest BCUT2D eigenvalue weighted by Gasteiger charge is -2.63. The lowest BCUT2D eigenvalue weighted by Crippen LogP contribution is -2.79. The summed E-state index contributed by atoms with van der Waals surface area (Å²) >= 11 is 0. The molecule has 5 aliphatic heterocycles. The highest BCUT2D eigenvalue weighted by atomic mass is 16.8. The number of carbonyl (C=O) groups excluding carboxylic acids is 4. The number of ether oxygens (including phenoxy) is 4. The van der Waals surface area contributed by atoms with E-state index in [1.165, 1.54) is 6.08 Å². The topological polar surface area (TPSA) is 146 Å². The van der Waals surface area contributed by atoms with E-state index < -0.39 is 87.0 Å². The summed E-state index contributed by atoms with van der Waals surface area (Å²) in [5, 5.41) is 24.0. The number of fused-ring (bicyclic) bond motifs is 5. The summed E-state index contributed by atoms with van der Waals surface area (Å²) in [6.45, 7) is 4.95. The van der Waals surface area contributed by atoms with Crippen LogP contribution < -0.4 is 0 Å². The van der Waals surface area contributed by atoms with Gasteiger partial charge in [0.05, 0.1) is 35.9 Å². The van der Waals surface area contributed by atoms with Gasteiger partial charge in [-0.25, -0.2) is 4.79 Å². The van der Waals surface area contributed by atoms with Crippen LogP contribution in [0.5, 0.6) is 0 Å². The van der Waals surface area contributed by atoms with Gasteiger partial charge in [-0.2, -0.15) is 0 Å². The normalized spacial score (nSPS) is 59.2. The Kier molecular flexibility index (Phi) is 3.91. The number of ketones is 2. The summed E-state index contributed by atoms with van der Waals surface area (Å²) in [6.07, 6.45) is 3.41. The molecule has 5 bridgehead atoms. The van der Waals surface area contributed by atoms with Crippen LogP contribution >= 0.6 is 0 Å². The van der Waals surface area contributed by atoms with Gasteiger partial charge in [-0.15, -0.1) is 0 Å². The van der Waals surface area contributed by atoms with Crippen LogP contribution in [0.1, 0.15) is 46.5 Å². The Morgan fingerprint density at radius 1 is 1.11 bits per heavy atom. The predicted octanol–water partition coefficient (Wildman–Crippen LogP) is 0.528. The van der Waals surface area contributed by atoms with Gasteiger partial charge < -0.3 is 29.2 Å². The first-order chi connectivity index (χ1) is 17.8. The maximum atomic E-state index is 14.9. The number of hydrogen-bond donors (Lipinski definition) is 2. The van der Waals surface area contributed by atoms with Gasteiger partial charge in [-0.3, -0.25) is 14.4 Å². The zero-order chi connectivity index (χ0) is 26.8. The first-order valence-electron chi connectivity index (χ1n) is 13.5. The quantitative estimate of drug-likeness (QED) is 0.339. The Balaban J connectivity index is 1.45. The molecule has 8 rings (SSSR count). The summed E-state index contributed by atoms with van der Waals surface area (Å²) in [5.41, 5.74) is -7.27. The third-order valence-corrected chi connectivity index (χ3v) is 12.0. The molecule has 0 aromatic heterocycles. The highest BCUT2D eigenvalue weighted by Gasteiger charge is 2.93. The van der Waals surface area contributed by atoms with Gasteiger partial charge in [0.15, 0.2) is 28.4 Å². The molecule has 0 radical (unpaired) electrons. The summed E-state index contributed by atoms with van der Waals surface area (Å²) in [4.78, 5) is 55.3. The van der Waals surface area contributed by atoms with E-state index in [4.69, 9.17) is 18.9 Å². The number of carbonyl (C=O) groups is 4. The first-order valence-corrected chi connectivity index (χ1v) is 13.5. The molecule has 1 saturated carbocycles. The molecule has 5 heterocycles.